The molecule has 1 aromatic carbocycles. The quantitative estimate of drug-likeness (QED) is 0.665. The molecule has 0 unspecified atom stereocenters. The third-order valence-electron chi connectivity index (χ3n) is 2.51. The second-order valence-electron chi connectivity index (χ2n) is 3.91. The minimum absolute atomic E-state index is 0.193. The molecule has 0 bridgehead atoms. The molecule has 1 saturated heterocycles. The first-order valence-electron chi connectivity index (χ1n) is 5.15. The second-order valence-corrected chi connectivity index (χ2v) is 3.91. The van der Waals surface area contributed by atoms with Crippen LogP contribution in [0.2, 0.25) is 0 Å². The van der Waals surface area contributed by atoms with Crippen LogP contribution < -0.4 is 16.8 Å². The van der Waals surface area contributed by atoms with Crippen molar-refractivity contribution in [1.29, 1.82) is 0 Å². The lowest BCUT2D eigenvalue weighted by Crippen LogP contribution is -2.40. The minimum Gasteiger partial charge on any atom is -0.378 e. The van der Waals surface area contributed by atoms with Crippen LogP contribution in [0.15, 0.2) is 18.2 Å². The Morgan fingerprint density at radius 1 is 1.12 bits per heavy atom. The number of benzene rings is 1. The lowest BCUT2D eigenvalue weighted by atomic mass is 10.1. The summed E-state index contributed by atoms with van der Waals surface area (Å²) in [5.74, 6) is -1.19. The summed E-state index contributed by atoms with van der Waals surface area (Å²) in [6.07, 6.45) is 0. The fourth-order valence-corrected chi connectivity index (χ4v) is 1.55. The Morgan fingerprint density at radius 3 is 2.00 bits per heavy atom. The Morgan fingerprint density at radius 2 is 1.65 bits per heavy atom. The van der Waals surface area contributed by atoms with Crippen LogP contribution in [0.3, 0.4) is 0 Å². The first kappa shape index (κ1) is 11.4. The van der Waals surface area contributed by atoms with Gasteiger partial charge in [-0.15, -0.1) is 0 Å². The number of hydrogen-bond donors (Lipinski definition) is 3. The van der Waals surface area contributed by atoms with Crippen LogP contribution in [-0.2, 0) is 4.74 Å². The van der Waals surface area contributed by atoms with Crippen LogP contribution in [0.4, 0.5) is 5.69 Å². The molecule has 90 valence electrons. The molecular formula is C11H13N3O3. The van der Waals surface area contributed by atoms with E-state index in [1.54, 1.807) is 12.1 Å². The third-order valence-corrected chi connectivity index (χ3v) is 2.51. The average molecular weight is 235 g/mol. The molecule has 0 radical (unpaired) electrons. The highest BCUT2D eigenvalue weighted by Crippen LogP contribution is 2.17. The second kappa shape index (κ2) is 4.42. The van der Waals surface area contributed by atoms with E-state index in [4.69, 9.17) is 16.2 Å². The van der Waals surface area contributed by atoms with Gasteiger partial charge < -0.3 is 21.5 Å². The lowest BCUT2D eigenvalue weighted by Gasteiger charge is -2.28. The van der Waals surface area contributed by atoms with Crippen molar-refractivity contribution >= 4 is 17.5 Å². The minimum atomic E-state index is -0.596. The Kier molecular flexibility index (Phi) is 2.97. The van der Waals surface area contributed by atoms with Crippen molar-refractivity contribution in [3.05, 3.63) is 29.3 Å². The average Bonchev–Trinajstić information content (AvgIpc) is 2.23. The van der Waals surface area contributed by atoms with Gasteiger partial charge in [0.25, 0.3) is 0 Å². The molecule has 1 aliphatic heterocycles. The van der Waals surface area contributed by atoms with E-state index in [0.717, 1.165) is 0 Å². The molecule has 6 nitrogen and oxygen atoms in total. The van der Waals surface area contributed by atoms with Crippen LogP contribution in [0.1, 0.15) is 20.7 Å². The van der Waals surface area contributed by atoms with Crippen molar-refractivity contribution in [3.63, 3.8) is 0 Å². The van der Waals surface area contributed by atoms with Gasteiger partial charge in [-0.25, -0.2) is 0 Å². The molecule has 0 spiro atoms. The molecule has 0 saturated carbocycles. The maximum absolute atomic E-state index is 11.1. The van der Waals surface area contributed by atoms with E-state index in [1.165, 1.54) is 6.07 Å². The summed E-state index contributed by atoms with van der Waals surface area (Å²) in [5.41, 5.74) is 11.5. The summed E-state index contributed by atoms with van der Waals surface area (Å²) in [5, 5.41) is 3.13. The van der Waals surface area contributed by atoms with Crippen LogP contribution in [-0.4, -0.2) is 31.1 Å². The number of nitrogens with one attached hydrogen (secondary N) is 1. The smallest absolute Gasteiger partial charge is 0.248 e. The molecule has 1 heterocycles. The SMILES string of the molecule is NC(=O)c1cc(NC2COC2)cc(C(N)=O)c1. The molecule has 6 heteroatoms. The molecule has 1 aromatic rings. The molecule has 0 aliphatic carbocycles. The first-order chi connectivity index (χ1) is 8.06. The molecule has 1 aliphatic rings. The van der Waals surface area contributed by atoms with Gasteiger partial charge in [0.15, 0.2) is 0 Å². The normalized spacial score (nSPS) is 15.1. The maximum atomic E-state index is 11.1. The highest BCUT2D eigenvalue weighted by atomic mass is 16.5. The number of rotatable bonds is 4. The van der Waals surface area contributed by atoms with Crippen LogP contribution in [0, 0.1) is 0 Å². The summed E-state index contributed by atoms with van der Waals surface area (Å²) in [7, 11) is 0. The number of carbonyl (C=O) groups excluding carboxylic acids is 2. The summed E-state index contributed by atoms with van der Waals surface area (Å²) in [6, 6.07) is 4.76. The van der Waals surface area contributed by atoms with Crippen LogP contribution >= 0.6 is 0 Å². The summed E-state index contributed by atoms with van der Waals surface area (Å²) in [4.78, 5) is 22.2. The monoisotopic (exact) mass is 235 g/mol. The number of hydrogen-bond acceptors (Lipinski definition) is 4. The summed E-state index contributed by atoms with van der Waals surface area (Å²) < 4.78 is 5.02. The van der Waals surface area contributed by atoms with E-state index in [9.17, 15) is 9.59 Å². The van der Waals surface area contributed by atoms with Gasteiger partial charge in [-0.2, -0.15) is 0 Å². The molecular weight excluding hydrogens is 222 g/mol. The Labute approximate surface area is 97.9 Å². The van der Waals surface area contributed by atoms with E-state index in [-0.39, 0.29) is 17.2 Å². The first-order valence-corrected chi connectivity index (χ1v) is 5.15. The Hall–Kier alpha value is -2.08. The number of amides is 2. The van der Waals surface area contributed by atoms with Gasteiger partial charge in [-0.3, -0.25) is 9.59 Å². The van der Waals surface area contributed by atoms with Crippen LogP contribution in [0.25, 0.3) is 0 Å². The zero-order chi connectivity index (χ0) is 12.4. The summed E-state index contributed by atoms with van der Waals surface area (Å²) >= 11 is 0. The van der Waals surface area contributed by atoms with Gasteiger partial charge in [-0.05, 0) is 18.2 Å². The van der Waals surface area contributed by atoms with Crippen molar-refractivity contribution in [2.75, 3.05) is 18.5 Å². The van der Waals surface area contributed by atoms with Gasteiger partial charge >= 0.3 is 0 Å². The van der Waals surface area contributed by atoms with Gasteiger partial charge in [0.2, 0.25) is 11.8 Å². The largest absolute Gasteiger partial charge is 0.378 e. The topological polar surface area (TPSA) is 107 Å². The van der Waals surface area contributed by atoms with Crippen molar-refractivity contribution in [3.8, 4) is 0 Å². The van der Waals surface area contributed by atoms with E-state index in [2.05, 4.69) is 5.32 Å². The number of ether oxygens (including phenoxy) is 1. The third kappa shape index (κ3) is 2.54. The molecule has 17 heavy (non-hydrogen) atoms. The van der Waals surface area contributed by atoms with Crippen molar-refractivity contribution < 1.29 is 14.3 Å². The Bertz CT molecular complexity index is 437. The molecule has 0 atom stereocenters. The zero-order valence-corrected chi connectivity index (χ0v) is 9.10. The van der Waals surface area contributed by atoms with Gasteiger partial charge in [0.05, 0.1) is 19.3 Å². The van der Waals surface area contributed by atoms with E-state index in [0.29, 0.717) is 18.9 Å². The highest BCUT2D eigenvalue weighted by Gasteiger charge is 2.18. The van der Waals surface area contributed by atoms with E-state index < -0.39 is 11.8 Å². The van der Waals surface area contributed by atoms with Crippen molar-refractivity contribution in [1.82, 2.24) is 0 Å². The molecule has 5 N–H and O–H groups in total. The zero-order valence-electron chi connectivity index (χ0n) is 9.10. The number of nitrogens with two attached hydrogens (primary N) is 2. The van der Waals surface area contributed by atoms with E-state index in [1.807, 2.05) is 0 Å². The maximum Gasteiger partial charge on any atom is 0.248 e. The molecule has 2 amide bonds. The number of primary amides is 2. The molecule has 1 fully saturated rings. The predicted molar refractivity (Wildman–Crippen MR) is 61.7 cm³/mol. The Balaban J connectivity index is 2.29. The number of carbonyl (C=O) groups is 2. The van der Waals surface area contributed by atoms with Crippen LogP contribution in [0.5, 0.6) is 0 Å². The van der Waals surface area contributed by atoms with Crippen molar-refractivity contribution in [2.24, 2.45) is 11.5 Å². The summed E-state index contributed by atoms with van der Waals surface area (Å²) in [6.45, 7) is 1.21. The lowest BCUT2D eigenvalue weighted by molar-refractivity contribution is 0.0211. The molecule has 2 rings (SSSR count). The predicted octanol–water partition coefficient (Wildman–Crippen LogP) is -0.305. The fraction of sp³-hybridized carbons (Fsp3) is 0.273. The fourth-order valence-electron chi connectivity index (χ4n) is 1.55. The van der Waals surface area contributed by atoms with E-state index >= 15 is 0 Å². The highest BCUT2D eigenvalue weighted by molar-refractivity contribution is 5.99. The van der Waals surface area contributed by atoms with Gasteiger partial charge in [0, 0.05) is 16.8 Å². The van der Waals surface area contributed by atoms with Gasteiger partial charge in [-0.1, -0.05) is 0 Å². The number of anilines is 1. The molecule has 0 aromatic heterocycles. The van der Waals surface area contributed by atoms with Gasteiger partial charge in [0.1, 0.15) is 0 Å². The van der Waals surface area contributed by atoms with Crippen molar-refractivity contribution in [2.45, 2.75) is 6.04 Å². The standard InChI is InChI=1S/C11H13N3O3/c12-10(15)6-1-7(11(13)16)3-8(2-6)14-9-4-17-5-9/h1-3,9,14H,4-5H2,(H2,12,15)(H2,13,16).